The number of carbonyl (C=O) groups excluding carboxylic acids is 4. The van der Waals surface area contributed by atoms with Gasteiger partial charge in [0.2, 0.25) is 0 Å². The average Bonchev–Trinajstić information content (AvgIpc) is 3.01. The Labute approximate surface area is 311 Å². The minimum Gasteiger partial charge on any atom is -0.508 e. The number of aldehydes is 4. The van der Waals surface area contributed by atoms with Crippen LogP contribution >= 0.6 is 0 Å². The lowest BCUT2D eigenvalue weighted by Gasteiger charge is -2.46. The van der Waals surface area contributed by atoms with E-state index in [0.29, 0.717) is 26.1 Å². The number of phenolic OH excluding ortho intramolecular Hbond substituents is 1. The summed E-state index contributed by atoms with van der Waals surface area (Å²) in [6.45, 7) is 24.1. The summed E-state index contributed by atoms with van der Waals surface area (Å²) in [5, 5.41) is 13.5. The number of benzene rings is 1. The summed E-state index contributed by atoms with van der Waals surface area (Å²) in [5.41, 5.74) is -1.92. The molecule has 1 heterocycles. The first-order chi connectivity index (χ1) is 24.0. The number of hydrogen-bond acceptors (Lipinski definition) is 13. The van der Waals surface area contributed by atoms with Gasteiger partial charge in [-0.2, -0.15) is 0 Å². The second kappa shape index (κ2) is 19.6. The van der Waals surface area contributed by atoms with Crippen LogP contribution in [0.15, 0.2) is 24.3 Å². The maximum absolute atomic E-state index is 13.0. The zero-order valence-electron chi connectivity index (χ0n) is 33.6. The number of aromatic hydroxyl groups is 1. The first-order valence-corrected chi connectivity index (χ1v) is 18.3. The van der Waals surface area contributed by atoms with Crippen molar-refractivity contribution in [3.05, 3.63) is 29.8 Å². The molecule has 0 radical (unpaired) electrons. The molecule has 2 N–H and O–H groups in total. The average molecular weight is 735 g/mol. The summed E-state index contributed by atoms with van der Waals surface area (Å²) in [6.07, 6.45) is -0.609. The summed E-state index contributed by atoms with van der Waals surface area (Å²) in [7, 11) is 0. The highest BCUT2D eigenvalue weighted by Crippen LogP contribution is 2.26. The van der Waals surface area contributed by atoms with Crippen molar-refractivity contribution in [3.63, 3.8) is 0 Å². The molecule has 2 rings (SSSR count). The van der Waals surface area contributed by atoms with Crippen LogP contribution in [0, 0.1) is 0 Å². The Morgan fingerprint density at radius 3 is 1.62 bits per heavy atom. The highest BCUT2D eigenvalue weighted by molar-refractivity contribution is 5.59. The van der Waals surface area contributed by atoms with Crippen LogP contribution in [0.4, 0.5) is 0 Å². The topological polar surface area (TPSA) is 147 Å². The van der Waals surface area contributed by atoms with E-state index < -0.39 is 59.3 Å². The Balaban J connectivity index is 2.91. The van der Waals surface area contributed by atoms with Gasteiger partial charge in [-0.15, -0.1) is 0 Å². The van der Waals surface area contributed by atoms with Crippen LogP contribution in [-0.4, -0.2) is 143 Å². The second-order valence-corrected chi connectivity index (χ2v) is 17.4. The van der Waals surface area contributed by atoms with E-state index >= 15 is 0 Å². The van der Waals surface area contributed by atoms with Gasteiger partial charge in [-0.05, 0) is 107 Å². The predicted molar refractivity (Wildman–Crippen MR) is 200 cm³/mol. The molecular weight excluding hydrogens is 668 g/mol. The van der Waals surface area contributed by atoms with E-state index in [2.05, 4.69) is 5.32 Å². The van der Waals surface area contributed by atoms with E-state index in [9.17, 15) is 24.3 Å². The molecule has 0 amide bonds. The minimum atomic E-state index is -1.10. The molecule has 6 unspecified atom stereocenters. The number of nitrogens with zero attached hydrogens (tertiary/aromatic N) is 3. The molecule has 0 aromatic heterocycles. The van der Waals surface area contributed by atoms with E-state index in [-0.39, 0.29) is 25.4 Å². The van der Waals surface area contributed by atoms with Crippen LogP contribution in [0.1, 0.15) is 88.6 Å². The normalized spacial score (nSPS) is 22.3. The third kappa shape index (κ3) is 16.2. The van der Waals surface area contributed by atoms with Gasteiger partial charge in [0.25, 0.3) is 0 Å². The standard InChI is InChI=1S/C39H66N4O9/c1-36(2,3)49-32(24-44)31-22-40-17-18-41(33(25-45)50-37(4,5)6)19-20-42(34(26-46)51-38(7,8)9)29(21-28-13-15-30(48)16-14-28)23-43(31)35(27-47)52-39(10,11)12/h13-16,24-27,29,31-35,40,48H,17-23H2,1-12H3. The number of rotatable bonds is 14. The van der Waals surface area contributed by atoms with Crippen molar-refractivity contribution < 1.29 is 43.2 Å². The Morgan fingerprint density at radius 1 is 0.673 bits per heavy atom. The lowest BCUT2D eigenvalue weighted by molar-refractivity contribution is -0.185. The molecule has 1 saturated heterocycles. The van der Waals surface area contributed by atoms with Crippen molar-refractivity contribution in [2.24, 2.45) is 0 Å². The summed E-state index contributed by atoms with van der Waals surface area (Å²) in [4.78, 5) is 57.2. The largest absolute Gasteiger partial charge is 0.508 e. The molecule has 0 aliphatic carbocycles. The number of carbonyl (C=O) groups is 4. The molecule has 0 bridgehead atoms. The molecule has 0 spiro atoms. The third-order valence-corrected chi connectivity index (χ3v) is 8.09. The van der Waals surface area contributed by atoms with Crippen molar-refractivity contribution in [1.82, 2.24) is 20.0 Å². The van der Waals surface area contributed by atoms with Crippen LogP contribution in [0.2, 0.25) is 0 Å². The molecule has 13 heteroatoms. The Kier molecular flexibility index (Phi) is 17.2. The smallest absolute Gasteiger partial charge is 0.168 e. The van der Waals surface area contributed by atoms with Crippen LogP contribution in [0.3, 0.4) is 0 Å². The Morgan fingerprint density at radius 2 is 1.15 bits per heavy atom. The molecule has 6 atom stereocenters. The van der Waals surface area contributed by atoms with E-state index in [1.807, 2.05) is 97.8 Å². The van der Waals surface area contributed by atoms with E-state index in [0.717, 1.165) is 30.7 Å². The van der Waals surface area contributed by atoms with Gasteiger partial charge in [-0.1, -0.05) is 12.1 Å². The quantitative estimate of drug-likeness (QED) is 0.269. The Bertz CT molecular complexity index is 1250. The van der Waals surface area contributed by atoms with Crippen LogP contribution in [0.5, 0.6) is 5.75 Å². The number of phenols is 1. The molecule has 1 aliphatic rings. The fourth-order valence-corrected chi connectivity index (χ4v) is 6.11. The monoisotopic (exact) mass is 734 g/mol. The zero-order valence-corrected chi connectivity index (χ0v) is 33.6. The fraction of sp³-hybridized carbons (Fsp3) is 0.744. The molecule has 13 nitrogen and oxygen atoms in total. The molecule has 1 aliphatic heterocycles. The van der Waals surface area contributed by atoms with Crippen molar-refractivity contribution in [1.29, 1.82) is 0 Å². The van der Waals surface area contributed by atoms with Crippen LogP contribution < -0.4 is 5.32 Å². The minimum absolute atomic E-state index is 0.107. The molecule has 52 heavy (non-hydrogen) atoms. The van der Waals surface area contributed by atoms with Crippen LogP contribution in [-0.2, 0) is 44.5 Å². The van der Waals surface area contributed by atoms with Gasteiger partial charge in [0.1, 0.15) is 18.1 Å². The van der Waals surface area contributed by atoms with Crippen molar-refractivity contribution in [2.45, 2.75) is 149 Å². The van der Waals surface area contributed by atoms with Crippen molar-refractivity contribution >= 4 is 25.1 Å². The molecule has 1 aromatic rings. The van der Waals surface area contributed by atoms with Crippen molar-refractivity contribution in [3.8, 4) is 5.75 Å². The molecule has 0 saturated carbocycles. The van der Waals surface area contributed by atoms with Gasteiger partial charge in [0, 0.05) is 45.3 Å². The van der Waals surface area contributed by atoms with Crippen molar-refractivity contribution in [2.75, 3.05) is 39.3 Å². The first-order valence-electron chi connectivity index (χ1n) is 18.3. The van der Waals surface area contributed by atoms with Gasteiger partial charge in [0.15, 0.2) is 37.5 Å². The van der Waals surface area contributed by atoms with Gasteiger partial charge < -0.3 is 34.2 Å². The van der Waals surface area contributed by atoms with Gasteiger partial charge in [0.05, 0.1) is 28.4 Å². The molecule has 296 valence electrons. The first kappa shape index (κ1) is 45.5. The van der Waals surface area contributed by atoms with Gasteiger partial charge in [-0.25, -0.2) is 0 Å². The third-order valence-electron chi connectivity index (χ3n) is 8.09. The van der Waals surface area contributed by atoms with E-state index in [4.69, 9.17) is 18.9 Å². The van der Waals surface area contributed by atoms with E-state index in [1.165, 1.54) is 0 Å². The molecular formula is C39H66N4O9. The van der Waals surface area contributed by atoms with Gasteiger partial charge >= 0.3 is 0 Å². The lowest BCUT2D eigenvalue weighted by Crippen LogP contribution is -2.63. The Hall–Kier alpha value is -2.62. The van der Waals surface area contributed by atoms with Crippen LogP contribution in [0.25, 0.3) is 0 Å². The summed E-state index contributed by atoms with van der Waals surface area (Å²) in [5.74, 6) is 0.107. The highest BCUT2D eigenvalue weighted by Gasteiger charge is 2.41. The molecule has 1 aromatic carbocycles. The highest BCUT2D eigenvalue weighted by atomic mass is 16.5. The summed E-state index contributed by atoms with van der Waals surface area (Å²) in [6, 6.07) is 5.56. The maximum atomic E-state index is 13.0. The maximum Gasteiger partial charge on any atom is 0.168 e. The molecule has 1 fully saturated rings. The number of hydrogen-bond donors (Lipinski definition) is 2. The number of ether oxygens (including phenoxy) is 4. The zero-order chi connectivity index (χ0) is 39.5. The number of nitrogens with one attached hydrogen (secondary N) is 1. The fourth-order valence-electron chi connectivity index (χ4n) is 6.11. The summed E-state index contributed by atoms with van der Waals surface area (Å²) < 4.78 is 25.3. The van der Waals surface area contributed by atoms with E-state index in [1.54, 1.807) is 24.3 Å². The second-order valence-electron chi connectivity index (χ2n) is 17.4. The SMILES string of the molecule is CC(C)(C)OC(C=O)C1CNCCN(C(C=O)OC(C)(C)C)CCN(C(C=O)OC(C)(C)C)C(Cc2ccc(O)cc2)CN1C(C=O)OC(C)(C)C. The van der Waals surface area contributed by atoms with Gasteiger partial charge in [-0.3, -0.25) is 29.1 Å². The lowest BCUT2D eigenvalue weighted by atomic mass is 10.00. The summed E-state index contributed by atoms with van der Waals surface area (Å²) >= 11 is 0. The predicted octanol–water partition coefficient (Wildman–Crippen LogP) is 3.58.